The Bertz CT molecular complexity index is 1000. The van der Waals surface area contributed by atoms with Gasteiger partial charge in [0, 0.05) is 16.5 Å². The van der Waals surface area contributed by atoms with E-state index in [1.165, 1.54) is 36.1 Å². The van der Waals surface area contributed by atoms with Crippen molar-refractivity contribution in [1.82, 2.24) is 15.0 Å². The first-order valence-corrected chi connectivity index (χ1v) is 12.5. The van der Waals surface area contributed by atoms with Crippen LogP contribution in [-0.2, 0) is 5.41 Å². The molecular weight excluding hydrogens is 414 g/mol. The van der Waals surface area contributed by atoms with Crippen molar-refractivity contribution >= 4 is 17.4 Å². The molecule has 0 saturated heterocycles. The zero-order valence-corrected chi connectivity index (χ0v) is 20.7. The largest absolute Gasteiger partial charge is 0.334 e. The second-order valence-electron chi connectivity index (χ2n) is 10.2. The van der Waals surface area contributed by atoms with Gasteiger partial charge in [-0.2, -0.15) is 4.98 Å². The van der Waals surface area contributed by atoms with Crippen molar-refractivity contribution in [1.29, 1.82) is 0 Å². The van der Waals surface area contributed by atoms with Crippen LogP contribution in [0.15, 0.2) is 52.4 Å². The molecule has 1 aromatic carbocycles. The van der Waals surface area contributed by atoms with Gasteiger partial charge in [-0.3, -0.25) is 0 Å². The fourth-order valence-electron chi connectivity index (χ4n) is 4.78. The van der Waals surface area contributed by atoms with Crippen molar-refractivity contribution in [3.05, 3.63) is 64.2 Å². The number of hydrogen-bond donors (Lipinski definition) is 0. The molecule has 1 fully saturated rings. The summed E-state index contributed by atoms with van der Waals surface area (Å²) >= 11 is 1.88. The molecule has 0 bridgehead atoms. The summed E-state index contributed by atoms with van der Waals surface area (Å²) < 4.78 is 5.49. The van der Waals surface area contributed by atoms with Crippen LogP contribution in [0.1, 0.15) is 68.8 Å². The normalized spacial score (nSPS) is 20.8. The van der Waals surface area contributed by atoms with Crippen molar-refractivity contribution in [2.75, 3.05) is 14.1 Å². The maximum atomic E-state index is 5.49. The molecule has 0 aliphatic heterocycles. The SMILES string of the molecule is CN(C)C(c1cccs1)C1CCC(/C=C/c2nc(-c3ccc(C(C)(C)C)cc3)no2)CC1. The third kappa shape index (κ3) is 5.38. The van der Waals surface area contributed by atoms with E-state index in [0.29, 0.717) is 23.7 Å². The topological polar surface area (TPSA) is 42.2 Å². The molecule has 0 N–H and O–H groups in total. The van der Waals surface area contributed by atoms with Gasteiger partial charge in [-0.1, -0.05) is 62.3 Å². The predicted octanol–water partition coefficient (Wildman–Crippen LogP) is 7.22. The summed E-state index contributed by atoms with van der Waals surface area (Å²) in [5, 5.41) is 6.38. The Morgan fingerprint density at radius 2 is 1.78 bits per heavy atom. The van der Waals surface area contributed by atoms with Gasteiger partial charge in [-0.05, 0) is 80.1 Å². The minimum atomic E-state index is 0.138. The first kappa shape index (κ1) is 22.9. The lowest BCUT2D eigenvalue weighted by Crippen LogP contribution is -2.29. The fourth-order valence-corrected chi connectivity index (χ4v) is 5.79. The summed E-state index contributed by atoms with van der Waals surface area (Å²) in [6.07, 6.45) is 9.22. The molecule has 2 heterocycles. The number of nitrogens with zero attached hydrogens (tertiary/aromatic N) is 3. The van der Waals surface area contributed by atoms with Crippen LogP contribution in [0.4, 0.5) is 0 Å². The molecule has 4 nitrogen and oxygen atoms in total. The van der Waals surface area contributed by atoms with Gasteiger partial charge in [0.05, 0.1) is 0 Å². The van der Waals surface area contributed by atoms with Gasteiger partial charge >= 0.3 is 0 Å². The average molecular weight is 450 g/mol. The van der Waals surface area contributed by atoms with Crippen LogP contribution in [-0.4, -0.2) is 29.1 Å². The summed E-state index contributed by atoms with van der Waals surface area (Å²) in [7, 11) is 4.42. The number of allylic oxidation sites excluding steroid dienone is 1. The number of aromatic nitrogens is 2. The predicted molar refractivity (Wildman–Crippen MR) is 134 cm³/mol. The molecule has 0 spiro atoms. The van der Waals surface area contributed by atoms with Crippen molar-refractivity contribution in [3.63, 3.8) is 0 Å². The zero-order valence-electron chi connectivity index (χ0n) is 19.9. The Kier molecular flexibility index (Phi) is 6.96. The molecule has 3 aromatic rings. The second-order valence-corrected chi connectivity index (χ2v) is 11.2. The molecule has 1 aliphatic carbocycles. The number of thiophene rings is 1. The lowest BCUT2D eigenvalue weighted by Gasteiger charge is -2.36. The quantitative estimate of drug-likeness (QED) is 0.398. The maximum absolute atomic E-state index is 5.49. The van der Waals surface area contributed by atoms with E-state index in [4.69, 9.17) is 4.52 Å². The molecule has 1 unspecified atom stereocenters. The van der Waals surface area contributed by atoms with Gasteiger partial charge in [-0.25, -0.2) is 0 Å². The van der Waals surface area contributed by atoms with E-state index in [-0.39, 0.29) is 5.41 Å². The molecule has 170 valence electrons. The molecular formula is C27H35N3OS. The highest BCUT2D eigenvalue weighted by Crippen LogP contribution is 2.41. The summed E-state index contributed by atoms with van der Waals surface area (Å²) in [6.45, 7) is 6.65. The standard InChI is InChI=1S/C27H35N3OS/c1-27(2,3)22-15-13-21(14-16-22)26-28-24(31-29-26)17-10-19-8-11-20(12-9-19)25(30(4)5)23-7-6-18-32-23/h6-7,10,13-20,25H,8-9,11-12H2,1-5H3/b17-10+. The van der Waals surface area contributed by atoms with Gasteiger partial charge in [0.15, 0.2) is 0 Å². The van der Waals surface area contributed by atoms with Crippen molar-refractivity contribution in [2.45, 2.75) is 57.9 Å². The van der Waals surface area contributed by atoms with E-state index in [1.54, 1.807) is 0 Å². The molecule has 1 atom stereocenters. The van der Waals surface area contributed by atoms with Gasteiger partial charge in [-0.15, -0.1) is 11.3 Å². The van der Waals surface area contributed by atoms with Gasteiger partial charge in [0.1, 0.15) is 0 Å². The Morgan fingerprint density at radius 3 is 2.38 bits per heavy atom. The molecule has 32 heavy (non-hydrogen) atoms. The summed E-state index contributed by atoms with van der Waals surface area (Å²) in [5.74, 6) is 2.54. The van der Waals surface area contributed by atoms with Gasteiger partial charge in [0.25, 0.3) is 5.89 Å². The minimum Gasteiger partial charge on any atom is -0.334 e. The van der Waals surface area contributed by atoms with Crippen LogP contribution in [0, 0.1) is 11.8 Å². The van der Waals surface area contributed by atoms with E-state index in [9.17, 15) is 0 Å². The van der Waals surface area contributed by atoms with Gasteiger partial charge in [0.2, 0.25) is 5.82 Å². The number of benzene rings is 1. The first-order valence-electron chi connectivity index (χ1n) is 11.6. The smallest absolute Gasteiger partial charge is 0.250 e. The van der Waals surface area contributed by atoms with Crippen LogP contribution in [0.2, 0.25) is 0 Å². The molecule has 2 aromatic heterocycles. The third-order valence-corrected chi connectivity index (χ3v) is 7.56. The van der Waals surface area contributed by atoms with Crippen LogP contribution in [0.25, 0.3) is 17.5 Å². The molecule has 0 radical (unpaired) electrons. The molecule has 4 rings (SSSR count). The van der Waals surface area contributed by atoms with E-state index in [2.05, 4.69) is 97.8 Å². The number of hydrogen-bond acceptors (Lipinski definition) is 5. The highest BCUT2D eigenvalue weighted by Gasteiger charge is 2.29. The Labute approximate surface area is 196 Å². The van der Waals surface area contributed by atoms with Crippen LogP contribution < -0.4 is 0 Å². The third-order valence-electron chi connectivity index (χ3n) is 6.62. The zero-order chi connectivity index (χ0) is 22.7. The van der Waals surface area contributed by atoms with Crippen molar-refractivity contribution < 1.29 is 4.52 Å². The van der Waals surface area contributed by atoms with Crippen molar-refractivity contribution in [3.8, 4) is 11.4 Å². The Hall–Kier alpha value is -2.24. The van der Waals surface area contributed by atoms with Gasteiger partial charge < -0.3 is 9.42 Å². The molecule has 0 amide bonds. The monoisotopic (exact) mass is 449 g/mol. The summed E-state index contributed by atoms with van der Waals surface area (Å²) in [4.78, 5) is 8.47. The minimum absolute atomic E-state index is 0.138. The summed E-state index contributed by atoms with van der Waals surface area (Å²) in [5.41, 5.74) is 2.43. The maximum Gasteiger partial charge on any atom is 0.250 e. The van der Waals surface area contributed by atoms with Crippen LogP contribution in [0.5, 0.6) is 0 Å². The number of rotatable bonds is 6. The molecule has 1 saturated carbocycles. The van der Waals surface area contributed by atoms with E-state index < -0.39 is 0 Å². The lowest BCUT2D eigenvalue weighted by atomic mass is 9.77. The summed E-state index contributed by atoms with van der Waals surface area (Å²) in [6, 6.07) is 13.4. The second kappa shape index (κ2) is 9.72. The highest BCUT2D eigenvalue weighted by atomic mass is 32.1. The van der Waals surface area contributed by atoms with E-state index in [0.717, 1.165) is 11.5 Å². The van der Waals surface area contributed by atoms with E-state index >= 15 is 0 Å². The van der Waals surface area contributed by atoms with E-state index in [1.807, 2.05) is 17.4 Å². The van der Waals surface area contributed by atoms with Crippen LogP contribution >= 0.6 is 11.3 Å². The highest BCUT2D eigenvalue weighted by molar-refractivity contribution is 7.10. The Balaban J connectivity index is 1.35. The van der Waals surface area contributed by atoms with Crippen molar-refractivity contribution in [2.24, 2.45) is 11.8 Å². The van der Waals surface area contributed by atoms with Crippen LogP contribution in [0.3, 0.4) is 0 Å². The Morgan fingerprint density at radius 1 is 1.06 bits per heavy atom. The molecule has 5 heteroatoms. The first-order chi connectivity index (χ1) is 15.3. The molecule has 1 aliphatic rings. The average Bonchev–Trinajstić information content (AvgIpc) is 3.45. The lowest BCUT2D eigenvalue weighted by molar-refractivity contribution is 0.162. The fraction of sp³-hybridized carbons (Fsp3) is 0.481.